The lowest BCUT2D eigenvalue weighted by Gasteiger charge is -2.10. The molecule has 1 aliphatic heterocycles. The van der Waals surface area contributed by atoms with E-state index in [9.17, 15) is 0 Å². The van der Waals surface area contributed by atoms with Gasteiger partial charge in [-0.25, -0.2) is 0 Å². The van der Waals surface area contributed by atoms with Crippen molar-refractivity contribution in [1.82, 2.24) is 0 Å². The van der Waals surface area contributed by atoms with Crippen molar-refractivity contribution in [2.24, 2.45) is 0 Å². The van der Waals surface area contributed by atoms with Crippen molar-refractivity contribution in [3.05, 3.63) is 22.8 Å². The summed E-state index contributed by atoms with van der Waals surface area (Å²) in [4.78, 5) is 0. The Balaban J connectivity index is 2.62. The Labute approximate surface area is 78.7 Å². The van der Waals surface area contributed by atoms with E-state index in [2.05, 4.69) is 13.8 Å². The van der Waals surface area contributed by atoms with E-state index < -0.39 is 0 Å². The summed E-state index contributed by atoms with van der Waals surface area (Å²) in [7, 11) is 0. The van der Waals surface area contributed by atoms with Crippen LogP contribution >= 0.6 is 0 Å². The highest BCUT2D eigenvalue weighted by molar-refractivity contribution is 5.63. The van der Waals surface area contributed by atoms with Gasteiger partial charge in [-0.2, -0.15) is 0 Å². The van der Waals surface area contributed by atoms with Gasteiger partial charge < -0.3 is 10.5 Å². The number of benzene rings is 1. The lowest BCUT2D eigenvalue weighted by atomic mass is 9.98. The van der Waals surface area contributed by atoms with Gasteiger partial charge in [0, 0.05) is 12.0 Å². The monoisotopic (exact) mass is 177 g/mol. The Bertz CT molecular complexity index is 344. The minimum atomic E-state index is 0.785. The van der Waals surface area contributed by atoms with E-state index in [0.717, 1.165) is 30.9 Å². The van der Waals surface area contributed by atoms with Crippen LogP contribution in [0.4, 0.5) is 5.69 Å². The number of rotatable bonds is 1. The summed E-state index contributed by atoms with van der Waals surface area (Å²) in [5.74, 6) is 0.926. The first-order valence-electron chi connectivity index (χ1n) is 4.77. The van der Waals surface area contributed by atoms with Gasteiger partial charge in [-0.15, -0.1) is 0 Å². The fourth-order valence-electron chi connectivity index (χ4n) is 1.99. The molecule has 0 spiro atoms. The number of ether oxygens (including phenoxy) is 1. The second kappa shape index (κ2) is 2.95. The largest absolute Gasteiger partial charge is 0.491 e. The zero-order valence-corrected chi connectivity index (χ0v) is 8.18. The zero-order valence-electron chi connectivity index (χ0n) is 8.18. The van der Waals surface area contributed by atoms with Gasteiger partial charge in [0.15, 0.2) is 0 Å². The quantitative estimate of drug-likeness (QED) is 0.666. The topological polar surface area (TPSA) is 35.2 Å². The second-order valence-corrected chi connectivity index (χ2v) is 3.51. The molecule has 1 heterocycles. The van der Waals surface area contributed by atoms with Crippen LogP contribution < -0.4 is 10.5 Å². The molecule has 1 aliphatic rings. The van der Waals surface area contributed by atoms with Crippen LogP contribution in [0.25, 0.3) is 0 Å². The molecule has 1 aromatic carbocycles. The predicted octanol–water partition coefficient (Wildman–Crippen LogP) is 2.07. The van der Waals surface area contributed by atoms with Crippen molar-refractivity contribution in [1.29, 1.82) is 0 Å². The first kappa shape index (κ1) is 8.42. The van der Waals surface area contributed by atoms with Crippen molar-refractivity contribution in [2.75, 3.05) is 12.3 Å². The van der Waals surface area contributed by atoms with Gasteiger partial charge in [-0.3, -0.25) is 0 Å². The summed E-state index contributed by atoms with van der Waals surface area (Å²) in [6.07, 6.45) is 2.06. The van der Waals surface area contributed by atoms with Crippen LogP contribution in [-0.4, -0.2) is 6.61 Å². The molecule has 0 aromatic heterocycles. The van der Waals surface area contributed by atoms with E-state index >= 15 is 0 Å². The molecule has 0 fully saturated rings. The van der Waals surface area contributed by atoms with Crippen molar-refractivity contribution in [2.45, 2.75) is 26.7 Å². The van der Waals surface area contributed by atoms with Crippen LogP contribution in [0.1, 0.15) is 23.6 Å². The summed E-state index contributed by atoms with van der Waals surface area (Å²) in [6, 6.07) is 2.04. The lowest BCUT2D eigenvalue weighted by Crippen LogP contribution is -1.96. The number of hydrogen-bond acceptors (Lipinski definition) is 2. The van der Waals surface area contributed by atoms with Gasteiger partial charge in [0.1, 0.15) is 5.75 Å². The van der Waals surface area contributed by atoms with Crippen molar-refractivity contribution in [3.63, 3.8) is 0 Å². The lowest BCUT2D eigenvalue weighted by molar-refractivity contribution is 0.358. The molecule has 70 valence electrons. The molecule has 1 aromatic rings. The maximum atomic E-state index is 5.89. The van der Waals surface area contributed by atoms with Gasteiger partial charge in [0.25, 0.3) is 0 Å². The highest BCUT2D eigenvalue weighted by Gasteiger charge is 2.19. The van der Waals surface area contributed by atoms with Gasteiger partial charge in [-0.1, -0.05) is 6.92 Å². The van der Waals surface area contributed by atoms with E-state index in [4.69, 9.17) is 10.5 Å². The molecule has 2 rings (SSSR count). The number of nitrogens with two attached hydrogens (primary N) is 1. The van der Waals surface area contributed by atoms with E-state index in [0.29, 0.717) is 0 Å². The third-order valence-corrected chi connectivity index (χ3v) is 2.78. The van der Waals surface area contributed by atoms with Crippen LogP contribution in [0, 0.1) is 6.92 Å². The van der Waals surface area contributed by atoms with Crippen LogP contribution in [0.3, 0.4) is 0 Å². The third-order valence-electron chi connectivity index (χ3n) is 2.78. The molecule has 2 N–H and O–H groups in total. The molecule has 0 bridgehead atoms. The highest BCUT2D eigenvalue weighted by Crippen LogP contribution is 2.36. The number of fused-ring (bicyclic) bond motifs is 1. The molecule has 2 heteroatoms. The Morgan fingerprint density at radius 3 is 3.00 bits per heavy atom. The summed E-state index contributed by atoms with van der Waals surface area (Å²) in [5, 5.41) is 0. The molecule has 0 saturated carbocycles. The zero-order chi connectivity index (χ0) is 9.42. The van der Waals surface area contributed by atoms with E-state index in [1.165, 1.54) is 16.7 Å². The van der Waals surface area contributed by atoms with Crippen LogP contribution in [0.2, 0.25) is 0 Å². The predicted molar refractivity (Wildman–Crippen MR) is 54.2 cm³/mol. The summed E-state index contributed by atoms with van der Waals surface area (Å²) < 4.78 is 5.48. The van der Waals surface area contributed by atoms with Crippen molar-refractivity contribution < 1.29 is 4.74 Å². The SMILES string of the molecule is CCc1cc(N)c2c(c1C)CCO2. The molecule has 0 atom stereocenters. The Hall–Kier alpha value is -1.18. The number of nitrogen functional groups attached to an aromatic ring is 1. The molecule has 2 nitrogen and oxygen atoms in total. The molecule has 0 amide bonds. The maximum absolute atomic E-state index is 5.89. The maximum Gasteiger partial charge on any atom is 0.145 e. The summed E-state index contributed by atoms with van der Waals surface area (Å²) in [6.45, 7) is 5.10. The number of aryl methyl sites for hydroxylation is 1. The minimum absolute atomic E-state index is 0.785. The molecule has 0 unspecified atom stereocenters. The highest BCUT2D eigenvalue weighted by atomic mass is 16.5. The van der Waals surface area contributed by atoms with Crippen molar-refractivity contribution in [3.8, 4) is 5.75 Å². The number of hydrogen-bond donors (Lipinski definition) is 1. The van der Waals surface area contributed by atoms with E-state index in [1.54, 1.807) is 0 Å². The van der Waals surface area contributed by atoms with E-state index in [-0.39, 0.29) is 0 Å². The summed E-state index contributed by atoms with van der Waals surface area (Å²) in [5.41, 5.74) is 10.7. The third kappa shape index (κ3) is 1.17. The van der Waals surface area contributed by atoms with E-state index in [1.807, 2.05) is 6.07 Å². The molecule has 0 radical (unpaired) electrons. The van der Waals surface area contributed by atoms with Crippen LogP contribution in [-0.2, 0) is 12.8 Å². The summed E-state index contributed by atoms with van der Waals surface area (Å²) >= 11 is 0. The standard InChI is InChI=1S/C11H15NO/c1-3-8-6-10(12)11-9(7(8)2)4-5-13-11/h6H,3-5,12H2,1-2H3. The molecular formula is C11H15NO. The fourth-order valence-corrected chi connectivity index (χ4v) is 1.99. The number of anilines is 1. The van der Waals surface area contributed by atoms with Crippen LogP contribution in [0.5, 0.6) is 5.75 Å². The normalized spacial score (nSPS) is 14.0. The van der Waals surface area contributed by atoms with Gasteiger partial charge >= 0.3 is 0 Å². The minimum Gasteiger partial charge on any atom is -0.491 e. The van der Waals surface area contributed by atoms with Gasteiger partial charge in [-0.05, 0) is 30.5 Å². The second-order valence-electron chi connectivity index (χ2n) is 3.51. The molecule has 0 saturated heterocycles. The van der Waals surface area contributed by atoms with Crippen molar-refractivity contribution >= 4 is 5.69 Å². The fraction of sp³-hybridized carbons (Fsp3) is 0.455. The molecule has 0 aliphatic carbocycles. The Morgan fingerprint density at radius 1 is 1.54 bits per heavy atom. The smallest absolute Gasteiger partial charge is 0.145 e. The average molecular weight is 177 g/mol. The molecule has 13 heavy (non-hydrogen) atoms. The molecular weight excluding hydrogens is 162 g/mol. The first-order chi connectivity index (χ1) is 6.24. The van der Waals surface area contributed by atoms with Gasteiger partial charge in [0.2, 0.25) is 0 Å². The van der Waals surface area contributed by atoms with Gasteiger partial charge in [0.05, 0.1) is 12.3 Å². The first-order valence-corrected chi connectivity index (χ1v) is 4.77. The Morgan fingerprint density at radius 2 is 2.31 bits per heavy atom. The average Bonchev–Trinajstić information content (AvgIpc) is 2.60. The Kier molecular flexibility index (Phi) is 1.91. The van der Waals surface area contributed by atoms with Crippen LogP contribution in [0.15, 0.2) is 6.07 Å².